The average Bonchev–Trinajstić information content (AvgIpc) is 2.64. The van der Waals surface area contributed by atoms with Crippen LogP contribution in [0.15, 0.2) is 36.5 Å². The Hall–Kier alpha value is -2.64. The highest BCUT2D eigenvalue weighted by Gasteiger charge is 2.33. The predicted octanol–water partition coefficient (Wildman–Crippen LogP) is 3.82. The number of hydrogen-bond donors (Lipinski definition) is 1. The van der Waals surface area contributed by atoms with E-state index in [4.69, 9.17) is 0 Å². The number of rotatable bonds is 3. The summed E-state index contributed by atoms with van der Waals surface area (Å²) in [6.07, 6.45) is -2.31. The van der Waals surface area contributed by atoms with Gasteiger partial charge in [0.25, 0.3) is 5.82 Å². The van der Waals surface area contributed by atoms with Crippen molar-refractivity contribution in [2.45, 2.75) is 25.9 Å². The molecule has 0 bridgehead atoms. The average molecular weight is 382 g/mol. The SMILES string of the molecule is Cc1ccc(NC(=O)C2CCN(c3ccc(C(F)(F)F)c[nH+]3)CC2)cc1F. The molecule has 144 valence electrons. The van der Waals surface area contributed by atoms with E-state index in [0.717, 1.165) is 12.3 Å². The van der Waals surface area contributed by atoms with E-state index in [1.54, 1.807) is 19.1 Å². The molecule has 1 aromatic heterocycles. The Morgan fingerprint density at radius 1 is 1.19 bits per heavy atom. The van der Waals surface area contributed by atoms with Crippen LogP contribution in [0.5, 0.6) is 0 Å². The van der Waals surface area contributed by atoms with Crippen LogP contribution in [-0.4, -0.2) is 19.0 Å². The molecule has 2 aromatic rings. The lowest BCUT2D eigenvalue weighted by Gasteiger charge is -2.27. The van der Waals surface area contributed by atoms with Gasteiger partial charge in [0.15, 0.2) is 0 Å². The van der Waals surface area contributed by atoms with Gasteiger partial charge in [-0.2, -0.15) is 13.2 Å². The van der Waals surface area contributed by atoms with Crippen LogP contribution in [0.2, 0.25) is 0 Å². The molecule has 4 nitrogen and oxygen atoms in total. The standard InChI is InChI=1S/C19H19F4N3O/c1-12-2-4-15(10-16(12)20)25-18(27)13-6-8-26(9-7-13)17-5-3-14(11-24-17)19(21,22)23/h2-5,10-11,13H,6-9H2,1H3,(H,25,27)/p+1. The zero-order valence-corrected chi connectivity index (χ0v) is 14.7. The number of H-pyrrole nitrogens is 1. The number of pyridine rings is 1. The Morgan fingerprint density at radius 3 is 2.44 bits per heavy atom. The highest BCUT2D eigenvalue weighted by Crippen LogP contribution is 2.29. The molecule has 27 heavy (non-hydrogen) atoms. The Bertz CT molecular complexity index is 813. The van der Waals surface area contributed by atoms with Gasteiger partial charge in [-0.15, -0.1) is 0 Å². The van der Waals surface area contributed by atoms with Crippen molar-refractivity contribution in [2.75, 3.05) is 23.3 Å². The highest BCUT2D eigenvalue weighted by atomic mass is 19.4. The van der Waals surface area contributed by atoms with Crippen LogP contribution < -0.4 is 15.2 Å². The third kappa shape index (κ3) is 4.56. The van der Waals surface area contributed by atoms with E-state index in [1.165, 1.54) is 12.1 Å². The Balaban J connectivity index is 1.56. The van der Waals surface area contributed by atoms with Gasteiger partial charge >= 0.3 is 6.18 Å². The molecule has 0 atom stereocenters. The number of anilines is 2. The first-order valence-corrected chi connectivity index (χ1v) is 8.65. The molecule has 0 aliphatic carbocycles. The molecule has 0 saturated carbocycles. The van der Waals surface area contributed by atoms with Crippen LogP contribution in [-0.2, 0) is 11.0 Å². The molecular formula is C19H20F4N3O+. The van der Waals surface area contributed by atoms with Gasteiger partial charge in [-0.25, -0.2) is 9.37 Å². The molecule has 1 aromatic carbocycles. The number of alkyl halides is 3. The lowest BCUT2D eigenvalue weighted by molar-refractivity contribution is -0.367. The summed E-state index contributed by atoms with van der Waals surface area (Å²) in [6, 6.07) is 6.99. The summed E-state index contributed by atoms with van der Waals surface area (Å²) >= 11 is 0. The monoisotopic (exact) mass is 382 g/mol. The maximum Gasteiger partial charge on any atom is 0.419 e. The number of aromatic amines is 1. The van der Waals surface area contributed by atoms with Gasteiger partial charge in [-0.1, -0.05) is 6.07 Å². The number of piperidine rings is 1. The highest BCUT2D eigenvalue weighted by molar-refractivity contribution is 5.92. The van der Waals surface area contributed by atoms with Gasteiger partial charge in [0, 0.05) is 17.7 Å². The van der Waals surface area contributed by atoms with E-state index >= 15 is 0 Å². The van der Waals surface area contributed by atoms with E-state index < -0.39 is 11.7 Å². The molecule has 0 unspecified atom stereocenters. The first kappa shape index (κ1) is 19.1. The van der Waals surface area contributed by atoms with Gasteiger partial charge in [0.1, 0.15) is 12.0 Å². The number of hydrogen-bond acceptors (Lipinski definition) is 2. The number of nitrogens with zero attached hydrogens (tertiary/aromatic N) is 1. The lowest BCUT2D eigenvalue weighted by Crippen LogP contribution is -2.40. The van der Waals surface area contributed by atoms with Gasteiger partial charge in [-0.05, 0) is 43.5 Å². The second-order valence-electron chi connectivity index (χ2n) is 6.67. The predicted molar refractivity (Wildman–Crippen MR) is 92.7 cm³/mol. The molecule has 1 aliphatic heterocycles. The third-order valence-corrected chi connectivity index (χ3v) is 4.77. The quantitative estimate of drug-likeness (QED) is 0.821. The number of carbonyl (C=O) groups is 1. The number of aromatic nitrogens is 1. The van der Waals surface area contributed by atoms with Crippen LogP contribution in [0.3, 0.4) is 0 Å². The number of nitrogens with one attached hydrogen (secondary N) is 2. The van der Waals surface area contributed by atoms with E-state index in [0.29, 0.717) is 43.0 Å². The van der Waals surface area contributed by atoms with Crippen molar-refractivity contribution in [2.24, 2.45) is 5.92 Å². The molecular weight excluding hydrogens is 362 g/mol. The smallest absolute Gasteiger partial charge is 0.326 e. The Morgan fingerprint density at radius 2 is 1.89 bits per heavy atom. The van der Waals surface area contributed by atoms with Crippen LogP contribution in [0.1, 0.15) is 24.0 Å². The zero-order chi connectivity index (χ0) is 19.6. The Kier molecular flexibility index (Phi) is 5.34. The molecule has 8 heteroatoms. The summed E-state index contributed by atoms with van der Waals surface area (Å²) in [5.74, 6) is -0.183. The summed E-state index contributed by atoms with van der Waals surface area (Å²) in [4.78, 5) is 17.0. The van der Waals surface area contributed by atoms with Crippen molar-refractivity contribution >= 4 is 17.4 Å². The van der Waals surface area contributed by atoms with Crippen molar-refractivity contribution in [3.8, 4) is 0 Å². The second kappa shape index (κ2) is 7.54. The van der Waals surface area contributed by atoms with Crippen molar-refractivity contribution in [3.05, 3.63) is 53.5 Å². The topological polar surface area (TPSA) is 46.5 Å². The molecule has 0 spiro atoms. The summed E-state index contributed by atoms with van der Waals surface area (Å²) in [5.41, 5.74) is 0.196. The number of carbonyl (C=O) groups excluding carboxylic acids is 1. The van der Waals surface area contributed by atoms with E-state index in [-0.39, 0.29) is 17.6 Å². The molecule has 1 amide bonds. The van der Waals surface area contributed by atoms with Crippen molar-refractivity contribution in [1.82, 2.24) is 0 Å². The maximum absolute atomic E-state index is 13.6. The first-order chi connectivity index (χ1) is 12.7. The summed E-state index contributed by atoms with van der Waals surface area (Å²) in [7, 11) is 0. The van der Waals surface area contributed by atoms with Gasteiger partial charge in [0.2, 0.25) is 5.91 Å². The molecule has 1 aliphatic rings. The molecule has 3 rings (SSSR count). The number of benzene rings is 1. The first-order valence-electron chi connectivity index (χ1n) is 8.65. The van der Waals surface area contributed by atoms with Crippen LogP contribution >= 0.6 is 0 Å². The maximum atomic E-state index is 13.6. The minimum absolute atomic E-state index is 0.172. The van der Waals surface area contributed by atoms with Crippen molar-refractivity contribution in [1.29, 1.82) is 0 Å². The Labute approximate surface area is 154 Å². The summed E-state index contributed by atoms with van der Waals surface area (Å²) < 4.78 is 51.5. The van der Waals surface area contributed by atoms with Gasteiger partial charge in [0.05, 0.1) is 18.7 Å². The zero-order valence-electron chi connectivity index (χ0n) is 14.7. The summed E-state index contributed by atoms with van der Waals surface area (Å²) in [5, 5.41) is 2.73. The molecule has 2 heterocycles. The largest absolute Gasteiger partial charge is 0.419 e. The molecule has 1 fully saturated rings. The summed E-state index contributed by atoms with van der Waals surface area (Å²) in [6.45, 7) is 2.74. The van der Waals surface area contributed by atoms with Crippen LogP contribution in [0, 0.1) is 18.7 Å². The van der Waals surface area contributed by atoms with Crippen molar-refractivity contribution in [3.63, 3.8) is 0 Å². The molecule has 1 saturated heterocycles. The van der Waals surface area contributed by atoms with E-state index in [2.05, 4.69) is 10.3 Å². The van der Waals surface area contributed by atoms with Crippen LogP contribution in [0.25, 0.3) is 0 Å². The minimum Gasteiger partial charge on any atom is -0.326 e. The fraction of sp³-hybridized carbons (Fsp3) is 0.368. The fourth-order valence-corrected chi connectivity index (χ4v) is 3.09. The van der Waals surface area contributed by atoms with Gasteiger partial charge in [-0.3, -0.25) is 9.69 Å². The normalized spacial score (nSPS) is 15.7. The third-order valence-electron chi connectivity index (χ3n) is 4.77. The second-order valence-corrected chi connectivity index (χ2v) is 6.67. The number of amides is 1. The van der Waals surface area contributed by atoms with Gasteiger partial charge < -0.3 is 5.32 Å². The van der Waals surface area contributed by atoms with Crippen LogP contribution in [0.4, 0.5) is 29.1 Å². The van der Waals surface area contributed by atoms with E-state index in [9.17, 15) is 22.4 Å². The number of halogens is 4. The molecule has 0 radical (unpaired) electrons. The number of aryl methyl sites for hydroxylation is 1. The van der Waals surface area contributed by atoms with Crippen molar-refractivity contribution < 1.29 is 27.3 Å². The minimum atomic E-state index is -4.38. The van der Waals surface area contributed by atoms with E-state index in [1.807, 2.05) is 4.90 Å². The fourth-order valence-electron chi connectivity index (χ4n) is 3.09. The molecule has 2 N–H and O–H groups in total. The lowest BCUT2D eigenvalue weighted by atomic mass is 9.95.